The fraction of sp³-hybridized carbons (Fsp3) is 1.00. The maximum atomic E-state index is 6.17. The molecule has 7 nitrogen and oxygen atoms in total. The molecule has 0 radical (unpaired) electrons. The van der Waals surface area contributed by atoms with Gasteiger partial charge in [-0.05, 0) is 0 Å². The molecule has 0 saturated carbocycles. The number of methoxy groups -OCH3 is 2. The monoisotopic (exact) mass is 359 g/mol. The molecule has 0 spiro atoms. The Balaban J connectivity index is 5.20. The van der Waals surface area contributed by atoms with E-state index in [2.05, 4.69) is 0 Å². The predicted molar refractivity (Wildman–Crippen MR) is 80.6 cm³/mol. The quantitative estimate of drug-likeness (QED) is 0.400. The Morgan fingerprint density at radius 2 is 1.32 bits per heavy atom. The molecular weight excluding hydrogens is 326 g/mol. The van der Waals surface area contributed by atoms with Crippen molar-refractivity contribution in [3.63, 3.8) is 0 Å². The van der Waals surface area contributed by atoms with Crippen molar-refractivity contribution >= 4 is 0 Å². The molecule has 0 amide bonds. The van der Waals surface area contributed by atoms with Crippen LogP contribution in [0, 0.1) is 0 Å². The summed E-state index contributed by atoms with van der Waals surface area (Å²) in [5, 5.41) is 1.97. The minimum atomic E-state index is -3.33. The van der Waals surface area contributed by atoms with Gasteiger partial charge in [-0.15, -0.1) is 0 Å². The molecule has 2 N–H and O–H groups in total. The molecule has 0 aliphatic carbocycles. The third kappa shape index (κ3) is 7.81. The van der Waals surface area contributed by atoms with Crippen LogP contribution in [0.2, 0.25) is 9.95 Å². The Labute approximate surface area is 139 Å². The van der Waals surface area contributed by atoms with Gasteiger partial charge >= 0.3 is 139 Å². The van der Waals surface area contributed by atoms with E-state index >= 15 is 0 Å². The fourth-order valence-corrected chi connectivity index (χ4v) is 6.71. The van der Waals surface area contributed by atoms with E-state index in [0.29, 0.717) is 24.5 Å². The van der Waals surface area contributed by atoms with Crippen LogP contribution in [0.25, 0.3) is 0 Å². The van der Waals surface area contributed by atoms with E-state index in [4.69, 9.17) is 31.3 Å². The van der Waals surface area contributed by atoms with Crippen LogP contribution in [0.1, 0.15) is 34.1 Å². The third-order valence-corrected chi connectivity index (χ3v) is 7.67. The van der Waals surface area contributed by atoms with Gasteiger partial charge in [-0.3, -0.25) is 0 Å². The van der Waals surface area contributed by atoms with Gasteiger partial charge in [0.2, 0.25) is 0 Å². The van der Waals surface area contributed by atoms with E-state index in [1.807, 2.05) is 19.1 Å². The van der Waals surface area contributed by atoms with Crippen LogP contribution < -0.4 is 5.73 Å². The first kappa shape index (κ1) is 22.4. The van der Waals surface area contributed by atoms with E-state index < -0.39 is 29.3 Å². The van der Waals surface area contributed by atoms with Gasteiger partial charge in [-0.2, -0.15) is 0 Å². The van der Waals surface area contributed by atoms with E-state index in [1.54, 1.807) is 28.1 Å². The number of rotatable bonds is 13. The molecule has 0 heterocycles. The van der Waals surface area contributed by atoms with Crippen LogP contribution in [-0.2, 0) is 42.9 Å². The van der Waals surface area contributed by atoms with Gasteiger partial charge in [-0.1, -0.05) is 0 Å². The SMILES string of the molecule is CCOC(C)(OC)[O][Ti]([CH3])([CH2]CCN)[O]C(C)(OC)OCC. The van der Waals surface area contributed by atoms with Crippen molar-refractivity contribution in [3.8, 4) is 0 Å². The Hall–Kier alpha value is 0.434. The summed E-state index contributed by atoms with van der Waals surface area (Å²) in [6.07, 6.45) is 0.786. The second-order valence-electron chi connectivity index (χ2n) is 5.23. The molecule has 0 aliphatic heterocycles. The standard InChI is InChI=1S/2C5H11O3.C3H8N.CH3.Ti/c2*1-4-8-5(2,6)7-3;1-2-3-4;;/h2*4H2,1-3H3;1-4H2;1H3;/q2*-1;;;+2. The Bertz CT molecular complexity index is 287. The van der Waals surface area contributed by atoms with E-state index in [0.717, 1.165) is 6.42 Å². The Morgan fingerprint density at radius 3 is 1.59 bits per heavy atom. The molecule has 0 bridgehead atoms. The normalized spacial score (nSPS) is 20.2. The van der Waals surface area contributed by atoms with Gasteiger partial charge in [0.15, 0.2) is 0 Å². The van der Waals surface area contributed by atoms with Gasteiger partial charge in [0.25, 0.3) is 0 Å². The summed E-state index contributed by atoms with van der Waals surface area (Å²) in [6.45, 7) is 8.72. The second kappa shape index (κ2) is 10.3. The first-order chi connectivity index (χ1) is 10.2. The molecule has 8 heteroatoms. The molecule has 2 unspecified atom stereocenters. The van der Waals surface area contributed by atoms with Gasteiger partial charge in [0.05, 0.1) is 0 Å². The van der Waals surface area contributed by atoms with Crippen molar-refractivity contribution in [1.29, 1.82) is 0 Å². The maximum absolute atomic E-state index is 6.17. The summed E-state index contributed by atoms with van der Waals surface area (Å²) in [5.74, 6) is -2.31. The fourth-order valence-electron chi connectivity index (χ4n) is 2.11. The van der Waals surface area contributed by atoms with Crippen molar-refractivity contribution in [1.82, 2.24) is 0 Å². The molecule has 0 rings (SSSR count). The Morgan fingerprint density at radius 1 is 0.909 bits per heavy atom. The molecule has 0 saturated heterocycles. The van der Waals surface area contributed by atoms with Crippen molar-refractivity contribution in [3.05, 3.63) is 0 Å². The number of ether oxygens (including phenoxy) is 4. The summed E-state index contributed by atoms with van der Waals surface area (Å²) < 4.78 is 34.9. The van der Waals surface area contributed by atoms with E-state index in [1.165, 1.54) is 0 Å². The van der Waals surface area contributed by atoms with Crippen molar-refractivity contribution in [2.75, 3.05) is 34.0 Å². The predicted octanol–water partition coefficient (Wildman–Crippen LogP) is 2.53. The molecule has 0 aromatic rings. The topological polar surface area (TPSA) is 81.4 Å². The number of hydrogen-bond donors (Lipinski definition) is 1. The molecule has 0 aliphatic rings. The third-order valence-electron chi connectivity index (χ3n) is 3.19. The summed E-state index contributed by atoms with van der Waals surface area (Å²) in [6, 6.07) is 0. The number of hydrogen-bond acceptors (Lipinski definition) is 7. The van der Waals surface area contributed by atoms with Gasteiger partial charge in [0.1, 0.15) is 0 Å². The molecule has 0 aromatic carbocycles. The molecule has 22 heavy (non-hydrogen) atoms. The van der Waals surface area contributed by atoms with E-state index in [-0.39, 0.29) is 0 Å². The molecule has 2 atom stereocenters. The van der Waals surface area contributed by atoms with Crippen LogP contribution in [-0.4, -0.2) is 45.9 Å². The number of nitrogens with two attached hydrogens (primary N) is 1. The molecule has 134 valence electrons. The Kier molecular flexibility index (Phi) is 10.5. The zero-order valence-electron chi connectivity index (χ0n) is 15.1. The first-order valence-electron chi connectivity index (χ1n) is 7.70. The second-order valence-corrected chi connectivity index (χ2v) is 10.2. The van der Waals surface area contributed by atoms with Crippen molar-refractivity contribution in [2.45, 2.75) is 56.0 Å². The summed E-state index contributed by atoms with van der Waals surface area (Å²) >= 11 is -3.33. The zero-order valence-corrected chi connectivity index (χ0v) is 16.6. The van der Waals surface area contributed by atoms with Crippen LogP contribution >= 0.6 is 0 Å². The van der Waals surface area contributed by atoms with Gasteiger partial charge in [-0.25, -0.2) is 0 Å². The zero-order chi connectivity index (χ0) is 17.3. The van der Waals surface area contributed by atoms with Crippen molar-refractivity contribution < 1.29 is 42.9 Å². The summed E-state index contributed by atoms with van der Waals surface area (Å²) in [4.78, 5) is 0. The molecule has 0 aromatic heterocycles. The summed E-state index contributed by atoms with van der Waals surface area (Å²) in [5.41, 5.74) is 5.64. The van der Waals surface area contributed by atoms with Gasteiger partial charge in [0, 0.05) is 0 Å². The van der Waals surface area contributed by atoms with Gasteiger partial charge < -0.3 is 0 Å². The molecular formula is C14H33NO6Ti. The first-order valence-corrected chi connectivity index (χ1v) is 11.6. The van der Waals surface area contributed by atoms with Crippen LogP contribution in [0.5, 0.6) is 0 Å². The van der Waals surface area contributed by atoms with Crippen molar-refractivity contribution in [2.24, 2.45) is 5.73 Å². The van der Waals surface area contributed by atoms with Crippen LogP contribution in [0.15, 0.2) is 0 Å². The van der Waals surface area contributed by atoms with Crippen LogP contribution in [0.3, 0.4) is 0 Å². The average Bonchev–Trinajstić information content (AvgIpc) is 2.45. The minimum absolute atomic E-state index is 0.465. The molecule has 0 fully saturated rings. The summed E-state index contributed by atoms with van der Waals surface area (Å²) in [7, 11) is 3.08. The average molecular weight is 359 g/mol. The van der Waals surface area contributed by atoms with Crippen LogP contribution in [0.4, 0.5) is 0 Å². The van der Waals surface area contributed by atoms with E-state index in [9.17, 15) is 0 Å².